The van der Waals surface area contributed by atoms with Crippen LogP contribution in [-0.4, -0.2) is 48.2 Å². The molecule has 0 amide bonds. The molecular weight excluding hydrogens is 412 g/mol. The lowest BCUT2D eigenvalue weighted by atomic mass is 9.88. The Morgan fingerprint density at radius 3 is 2.64 bits per heavy atom. The first-order valence-electron chi connectivity index (χ1n) is 12.2. The second-order valence-corrected chi connectivity index (χ2v) is 9.83. The summed E-state index contributed by atoms with van der Waals surface area (Å²) in [5.41, 5.74) is 5.18. The van der Waals surface area contributed by atoms with Crippen molar-refractivity contribution >= 4 is 5.82 Å². The Morgan fingerprint density at radius 1 is 1.18 bits per heavy atom. The molecule has 3 aliphatic rings. The Kier molecular flexibility index (Phi) is 6.11. The number of hydrogen-bond donors (Lipinski definition) is 1. The van der Waals surface area contributed by atoms with Gasteiger partial charge in [-0.1, -0.05) is 37.6 Å². The molecule has 7 nitrogen and oxygen atoms in total. The summed E-state index contributed by atoms with van der Waals surface area (Å²) >= 11 is 0. The van der Waals surface area contributed by atoms with Crippen LogP contribution in [0.2, 0.25) is 0 Å². The van der Waals surface area contributed by atoms with Crippen LogP contribution in [0.15, 0.2) is 24.3 Å². The molecule has 33 heavy (non-hydrogen) atoms. The van der Waals surface area contributed by atoms with Gasteiger partial charge in [0.1, 0.15) is 5.82 Å². The maximum atomic E-state index is 9.17. The molecule has 2 bridgehead atoms. The van der Waals surface area contributed by atoms with Crippen LogP contribution in [0.3, 0.4) is 0 Å². The van der Waals surface area contributed by atoms with Crippen LogP contribution in [0.25, 0.3) is 0 Å². The Morgan fingerprint density at radius 2 is 1.94 bits per heavy atom. The molecule has 3 atom stereocenters. The highest BCUT2D eigenvalue weighted by molar-refractivity contribution is 5.53. The fourth-order valence-electron chi connectivity index (χ4n) is 6.29. The van der Waals surface area contributed by atoms with E-state index in [-0.39, 0.29) is 0 Å². The molecule has 1 N–H and O–H groups in total. The van der Waals surface area contributed by atoms with Crippen LogP contribution in [0.5, 0.6) is 6.01 Å². The van der Waals surface area contributed by atoms with Crippen molar-refractivity contribution in [3.8, 4) is 12.2 Å². The number of hydrogen-bond acceptors (Lipinski definition) is 7. The van der Waals surface area contributed by atoms with E-state index in [2.05, 4.69) is 59.5 Å². The van der Waals surface area contributed by atoms with E-state index >= 15 is 0 Å². The summed E-state index contributed by atoms with van der Waals surface area (Å²) in [6, 6.07) is 9.90. The van der Waals surface area contributed by atoms with E-state index in [1.165, 1.54) is 29.5 Å². The van der Waals surface area contributed by atoms with Gasteiger partial charge in [0.15, 0.2) is 6.19 Å². The quantitative estimate of drug-likeness (QED) is 0.538. The fraction of sp³-hybridized carbons (Fsp3) is 0.577. The smallest absolute Gasteiger partial charge is 0.318 e. The molecule has 174 valence electrons. The molecular formula is C26H34N6O. The number of fused-ring (bicyclic) bond motifs is 3. The maximum Gasteiger partial charge on any atom is 0.318 e. The van der Waals surface area contributed by atoms with Crippen LogP contribution in [0.1, 0.15) is 54.6 Å². The van der Waals surface area contributed by atoms with E-state index in [0.717, 1.165) is 50.4 Å². The monoisotopic (exact) mass is 446 g/mol. The molecule has 1 aliphatic carbocycles. The molecule has 1 saturated carbocycles. The minimum atomic E-state index is 0.299. The Hall–Kier alpha value is -2.85. The number of ether oxygens (including phenoxy) is 1. The number of likely N-dealkylation sites (N-methyl/N-ethyl adjacent to an activating group) is 1. The van der Waals surface area contributed by atoms with Gasteiger partial charge in [-0.15, -0.1) is 0 Å². The number of nitrogens with one attached hydrogen (secondary N) is 1. The second kappa shape index (κ2) is 9.18. The summed E-state index contributed by atoms with van der Waals surface area (Å²) in [5.74, 6) is 1.99. The van der Waals surface area contributed by atoms with Crippen LogP contribution in [-0.2, 0) is 19.4 Å². The summed E-state index contributed by atoms with van der Waals surface area (Å²) in [6.45, 7) is 4.92. The second-order valence-electron chi connectivity index (χ2n) is 9.83. The average molecular weight is 447 g/mol. The van der Waals surface area contributed by atoms with Crippen molar-refractivity contribution in [2.24, 2.45) is 11.8 Å². The number of aryl methyl sites for hydroxylation is 1. The van der Waals surface area contributed by atoms with E-state index in [9.17, 15) is 5.26 Å². The fourth-order valence-corrected chi connectivity index (χ4v) is 6.29. The van der Waals surface area contributed by atoms with Gasteiger partial charge in [-0.3, -0.25) is 4.90 Å². The van der Waals surface area contributed by atoms with Gasteiger partial charge in [-0.05, 0) is 49.3 Å². The number of nitriles is 1. The average Bonchev–Trinajstić information content (AvgIpc) is 3.05. The van der Waals surface area contributed by atoms with Crippen molar-refractivity contribution in [2.75, 3.05) is 32.1 Å². The Labute approximate surface area is 196 Å². The van der Waals surface area contributed by atoms with E-state index in [0.29, 0.717) is 29.9 Å². The van der Waals surface area contributed by atoms with Crippen molar-refractivity contribution in [3.63, 3.8) is 0 Å². The lowest BCUT2D eigenvalue weighted by Gasteiger charge is -2.41. The van der Waals surface area contributed by atoms with Crippen LogP contribution >= 0.6 is 0 Å². The van der Waals surface area contributed by atoms with E-state index in [4.69, 9.17) is 14.7 Å². The summed E-state index contributed by atoms with van der Waals surface area (Å²) in [5, 5.41) is 12.2. The zero-order valence-electron chi connectivity index (χ0n) is 19.9. The highest BCUT2D eigenvalue weighted by Gasteiger charge is 2.43. The molecule has 2 aliphatic heterocycles. The molecule has 1 aromatic carbocycles. The van der Waals surface area contributed by atoms with Crippen LogP contribution in [0.4, 0.5) is 5.82 Å². The van der Waals surface area contributed by atoms with E-state index < -0.39 is 0 Å². The summed E-state index contributed by atoms with van der Waals surface area (Å²) in [4.78, 5) is 14.6. The van der Waals surface area contributed by atoms with Gasteiger partial charge in [-0.2, -0.15) is 15.2 Å². The maximum absolute atomic E-state index is 9.17. The summed E-state index contributed by atoms with van der Waals surface area (Å²) in [7, 11) is 3.87. The number of benzene rings is 1. The molecule has 5 rings (SSSR count). The first-order valence-corrected chi connectivity index (χ1v) is 12.2. The van der Waals surface area contributed by atoms with Crippen LogP contribution in [0, 0.1) is 23.3 Å². The number of aromatic nitrogens is 2. The lowest BCUT2D eigenvalue weighted by Crippen LogP contribution is -2.50. The number of methoxy groups -OCH3 is 1. The first-order chi connectivity index (χ1) is 16.1. The molecule has 2 aromatic rings. The van der Waals surface area contributed by atoms with Gasteiger partial charge >= 0.3 is 6.01 Å². The summed E-state index contributed by atoms with van der Waals surface area (Å²) < 4.78 is 5.55. The zero-order valence-corrected chi connectivity index (χ0v) is 19.9. The topological polar surface area (TPSA) is 77.3 Å². The number of rotatable bonds is 6. The predicted molar refractivity (Wildman–Crippen MR) is 128 cm³/mol. The molecule has 7 heteroatoms. The molecule has 2 fully saturated rings. The third kappa shape index (κ3) is 4.02. The van der Waals surface area contributed by atoms with Gasteiger partial charge in [0.25, 0.3) is 0 Å². The Balaban J connectivity index is 1.48. The largest absolute Gasteiger partial charge is 0.467 e. The minimum absolute atomic E-state index is 0.299. The third-order valence-corrected chi connectivity index (χ3v) is 7.86. The molecule has 3 unspecified atom stereocenters. The lowest BCUT2D eigenvalue weighted by molar-refractivity contribution is 0.212. The zero-order chi connectivity index (χ0) is 22.9. The molecule has 0 spiro atoms. The van der Waals surface area contributed by atoms with Crippen molar-refractivity contribution in [3.05, 3.63) is 46.6 Å². The number of nitrogens with zero attached hydrogens (tertiary/aromatic N) is 5. The van der Waals surface area contributed by atoms with E-state index in [1.807, 2.05) is 0 Å². The molecule has 1 aromatic heterocycles. The van der Waals surface area contributed by atoms with E-state index in [1.54, 1.807) is 7.11 Å². The van der Waals surface area contributed by atoms with Crippen LogP contribution < -0.4 is 15.0 Å². The normalized spacial score (nSPS) is 26.5. The number of anilines is 1. The highest BCUT2D eigenvalue weighted by atomic mass is 16.5. The number of piperidine rings is 1. The highest BCUT2D eigenvalue weighted by Crippen LogP contribution is 2.42. The van der Waals surface area contributed by atoms with Gasteiger partial charge in [0.2, 0.25) is 0 Å². The Bertz CT molecular complexity index is 1040. The predicted octanol–water partition coefficient (Wildman–Crippen LogP) is 3.45. The van der Waals surface area contributed by atoms with Gasteiger partial charge < -0.3 is 15.0 Å². The van der Waals surface area contributed by atoms with Gasteiger partial charge in [0.05, 0.1) is 12.8 Å². The van der Waals surface area contributed by atoms with Crippen molar-refractivity contribution in [2.45, 2.75) is 57.7 Å². The first kappa shape index (κ1) is 22.0. The SMILES string of the molecule is CCCc1ccccc1C1Cc2nc(OC)nc(N3CC4CCC(C3)C4NC#N)c2CN1C. The van der Waals surface area contributed by atoms with Crippen molar-refractivity contribution in [1.29, 1.82) is 5.26 Å². The molecule has 1 saturated heterocycles. The molecule has 0 radical (unpaired) electrons. The van der Waals surface area contributed by atoms with Gasteiger partial charge in [0, 0.05) is 43.7 Å². The minimum Gasteiger partial charge on any atom is -0.467 e. The van der Waals surface area contributed by atoms with Crippen molar-refractivity contribution in [1.82, 2.24) is 20.2 Å². The third-order valence-electron chi connectivity index (χ3n) is 7.86. The molecule has 3 heterocycles. The summed E-state index contributed by atoms with van der Waals surface area (Å²) in [6.07, 6.45) is 7.61. The van der Waals surface area contributed by atoms with Gasteiger partial charge in [-0.25, -0.2) is 0 Å². The van der Waals surface area contributed by atoms with Crippen molar-refractivity contribution < 1.29 is 4.74 Å². The standard InChI is InChI=1S/C26H34N6O/c1-4-7-17-8-5-6-9-20(17)23-12-22-21(15-31(23)2)25(30-26(29-22)33-3)32-13-18-10-11-19(14-32)24(18)28-16-27/h5-6,8-9,18-19,23-24,28H,4,7,10-15H2,1-3H3.